The Morgan fingerprint density at radius 3 is 2.35 bits per heavy atom. The maximum Gasteiger partial charge on any atom is 0.293 e. The fraction of sp³-hybridized carbons (Fsp3) is 0.381. The molecule has 2 rings (SSSR count). The first-order chi connectivity index (χ1) is 14.6. The highest BCUT2D eigenvalue weighted by Crippen LogP contribution is 2.30. The molecule has 0 fully saturated rings. The van der Waals surface area contributed by atoms with Gasteiger partial charge in [-0.25, -0.2) is 12.7 Å². The molecule has 0 heterocycles. The number of carbonyl (C=O) groups excluding carboxylic acids is 1. The minimum atomic E-state index is -3.56. The lowest BCUT2D eigenvalue weighted by Crippen LogP contribution is -2.28. The molecular weight excluding hydrogens is 420 g/mol. The van der Waals surface area contributed by atoms with Crippen LogP contribution in [0.3, 0.4) is 0 Å². The van der Waals surface area contributed by atoms with Crippen LogP contribution < -0.4 is 10.6 Å². The van der Waals surface area contributed by atoms with Gasteiger partial charge < -0.3 is 10.6 Å². The van der Waals surface area contributed by atoms with Crippen LogP contribution in [0, 0.1) is 24.0 Å². The van der Waals surface area contributed by atoms with Crippen LogP contribution in [0.1, 0.15) is 30.9 Å². The van der Waals surface area contributed by atoms with E-state index in [1.807, 2.05) is 13.8 Å². The van der Waals surface area contributed by atoms with Gasteiger partial charge in [-0.15, -0.1) is 0 Å². The van der Waals surface area contributed by atoms with Crippen molar-refractivity contribution in [1.29, 1.82) is 0 Å². The quantitative estimate of drug-likeness (QED) is 0.422. The van der Waals surface area contributed by atoms with E-state index >= 15 is 0 Å². The molecule has 2 aromatic carbocycles. The molecule has 9 nitrogen and oxygen atoms in total. The zero-order chi connectivity index (χ0) is 23.2. The molecule has 10 heteroatoms. The lowest BCUT2D eigenvalue weighted by Gasteiger charge is -2.17. The van der Waals surface area contributed by atoms with Gasteiger partial charge in [0.2, 0.25) is 15.9 Å². The van der Waals surface area contributed by atoms with Crippen molar-refractivity contribution in [2.24, 2.45) is 0 Å². The molecule has 0 aliphatic carbocycles. The third-order valence-corrected chi connectivity index (χ3v) is 6.89. The minimum absolute atomic E-state index is 0.132. The van der Waals surface area contributed by atoms with Crippen molar-refractivity contribution < 1.29 is 18.1 Å². The van der Waals surface area contributed by atoms with Crippen LogP contribution in [0.15, 0.2) is 41.3 Å². The second kappa shape index (κ2) is 10.4. The molecule has 0 aliphatic heterocycles. The van der Waals surface area contributed by atoms with Crippen molar-refractivity contribution in [2.45, 2.75) is 38.5 Å². The average molecular weight is 449 g/mol. The largest absolute Gasteiger partial charge is 0.376 e. The second-order valence-electron chi connectivity index (χ2n) is 7.26. The minimum Gasteiger partial charge on any atom is -0.376 e. The summed E-state index contributed by atoms with van der Waals surface area (Å²) < 4.78 is 26.4. The first-order valence-corrected chi connectivity index (χ1v) is 11.4. The van der Waals surface area contributed by atoms with Crippen LogP contribution in [-0.2, 0) is 14.8 Å². The number of nitrogens with zero attached hydrogens (tertiary/aromatic N) is 2. The van der Waals surface area contributed by atoms with Gasteiger partial charge in [0.25, 0.3) is 5.69 Å². The second-order valence-corrected chi connectivity index (χ2v) is 9.31. The van der Waals surface area contributed by atoms with Crippen molar-refractivity contribution in [3.05, 3.63) is 57.6 Å². The molecule has 168 valence electrons. The van der Waals surface area contributed by atoms with Gasteiger partial charge in [0.1, 0.15) is 5.69 Å². The van der Waals surface area contributed by atoms with Gasteiger partial charge >= 0.3 is 0 Å². The third kappa shape index (κ3) is 6.02. The monoisotopic (exact) mass is 448 g/mol. The Morgan fingerprint density at radius 1 is 1.13 bits per heavy atom. The number of hydrogen-bond donors (Lipinski definition) is 2. The van der Waals surface area contributed by atoms with Crippen molar-refractivity contribution in [1.82, 2.24) is 4.31 Å². The van der Waals surface area contributed by atoms with Crippen LogP contribution in [0.2, 0.25) is 0 Å². The Kier molecular flexibility index (Phi) is 8.12. The molecule has 1 amide bonds. The van der Waals surface area contributed by atoms with E-state index in [-0.39, 0.29) is 22.8 Å². The average Bonchev–Trinajstić information content (AvgIpc) is 2.73. The molecule has 0 unspecified atom stereocenters. The summed E-state index contributed by atoms with van der Waals surface area (Å²) in [4.78, 5) is 23.2. The van der Waals surface area contributed by atoms with Crippen LogP contribution in [-0.4, -0.2) is 43.7 Å². The number of unbranched alkanes of at least 4 members (excludes halogenated alkanes) is 1. The Morgan fingerprint density at radius 2 is 1.77 bits per heavy atom. The zero-order valence-corrected chi connectivity index (χ0v) is 19.0. The van der Waals surface area contributed by atoms with E-state index in [0.717, 1.165) is 18.4 Å². The van der Waals surface area contributed by atoms with Gasteiger partial charge in [-0.05, 0) is 55.7 Å². The SMILES string of the molecule is CCCCN(C)S(=O)(=O)c1ccc(NCC(=O)Nc2c([N+](=O)[O-])ccc(C)c2C)cc1. The first-order valence-electron chi connectivity index (χ1n) is 9.92. The molecular formula is C21H28N4O5S. The highest BCUT2D eigenvalue weighted by atomic mass is 32.2. The number of nitrogens with one attached hydrogen (secondary N) is 2. The molecule has 0 atom stereocenters. The van der Waals surface area contributed by atoms with E-state index in [2.05, 4.69) is 10.6 Å². The molecule has 0 radical (unpaired) electrons. The number of benzene rings is 2. The van der Waals surface area contributed by atoms with Gasteiger partial charge in [-0.2, -0.15) is 0 Å². The van der Waals surface area contributed by atoms with E-state index in [1.54, 1.807) is 32.2 Å². The summed E-state index contributed by atoms with van der Waals surface area (Å²) >= 11 is 0. The van der Waals surface area contributed by atoms with Crippen molar-refractivity contribution in [3.63, 3.8) is 0 Å². The van der Waals surface area contributed by atoms with Crippen molar-refractivity contribution in [3.8, 4) is 0 Å². The molecule has 0 spiro atoms. The Labute approximate surface area is 182 Å². The molecule has 0 aliphatic rings. The Balaban J connectivity index is 2.04. The van der Waals surface area contributed by atoms with Crippen LogP contribution >= 0.6 is 0 Å². The lowest BCUT2D eigenvalue weighted by molar-refractivity contribution is -0.384. The van der Waals surface area contributed by atoms with Crippen LogP contribution in [0.4, 0.5) is 17.1 Å². The van der Waals surface area contributed by atoms with Gasteiger partial charge in [-0.3, -0.25) is 14.9 Å². The lowest BCUT2D eigenvalue weighted by atomic mass is 10.1. The fourth-order valence-electron chi connectivity index (χ4n) is 2.90. The topological polar surface area (TPSA) is 122 Å². The maximum absolute atomic E-state index is 12.6. The third-order valence-electron chi connectivity index (χ3n) is 5.02. The van der Waals surface area contributed by atoms with E-state index < -0.39 is 20.9 Å². The van der Waals surface area contributed by atoms with E-state index in [0.29, 0.717) is 17.8 Å². The molecule has 31 heavy (non-hydrogen) atoms. The summed E-state index contributed by atoms with van der Waals surface area (Å²) in [5, 5.41) is 16.7. The summed E-state index contributed by atoms with van der Waals surface area (Å²) in [7, 11) is -2.01. The number of carbonyl (C=O) groups is 1. The molecule has 0 saturated heterocycles. The number of nitro benzene ring substituents is 1. The van der Waals surface area contributed by atoms with E-state index in [9.17, 15) is 23.3 Å². The number of amides is 1. The number of hydrogen-bond acceptors (Lipinski definition) is 6. The molecule has 0 aromatic heterocycles. The number of aryl methyl sites for hydroxylation is 1. The van der Waals surface area contributed by atoms with Gasteiger partial charge in [-0.1, -0.05) is 19.4 Å². The molecule has 0 saturated carbocycles. The van der Waals surface area contributed by atoms with Gasteiger partial charge in [0, 0.05) is 25.3 Å². The van der Waals surface area contributed by atoms with Crippen LogP contribution in [0.5, 0.6) is 0 Å². The highest BCUT2D eigenvalue weighted by Gasteiger charge is 2.21. The Hall–Kier alpha value is -2.98. The number of nitro groups is 1. The predicted molar refractivity (Wildman–Crippen MR) is 121 cm³/mol. The van der Waals surface area contributed by atoms with E-state index in [4.69, 9.17) is 0 Å². The molecule has 0 bridgehead atoms. The number of rotatable bonds is 10. The fourth-order valence-corrected chi connectivity index (χ4v) is 4.11. The maximum atomic E-state index is 12.6. The van der Waals surface area contributed by atoms with Crippen molar-refractivity contribution in [2.75, 3.05) is 30.8 Å². The predicted octanol–water partition coefficient (Wildman–Crippen LogP) is 3.68. The van der Waals surface area contributed by atoms with Crippen LogP contribution in [0.25, 0.3) is 0 Å². The summed E-state index contributed by atoms with van der Waals surface area (Å²) in [6.45, 7) is 5.83. The number of sulfonamides is 1. The van der Waals surface area contributed by atoms with Crippen molar-refractivity contribution >= 4 is 33.0 Å². The summed E-state index contributed by atoms with van der Waals surface area (Å²) in [6, 6.07) is 9.11. The standard InChI is InChI=1S/C21H28N4O5S/c1-5-6-13-24(4)31(29,30)18-10-8-17(9-11-18)22-14-20(26)23-21-16(3)15(2)7-12-19(21)25(27)28/h7-12,22H,5-6,13-14H2,1-4H3,(H,23,26). The summed E-state index contributed by atoms with van der Waals surface area (Å²) in [5.74, 6) is -0.451. The first kappa shape index (κ1) is 24.3. The number of anilines is 2. The molecule has 2 N–H and O–H groups in total. The highest BCUT2D eigenvalue weighted by molar-refractivity contribution is 7.89. The zero-order valence-electron chi connectivity index (χ0n) is 18.1. The Bertz CT molecular complexity index is 1050. The van der Waals surface area contributed by atoms with E-state index in [1.165, 1.54) is 22.5 Å². The molecule has 2 aromatic rings. The van der Waals surface area contributed by atoms with Gasteiger partial charge in [0.05, 0.1) is 16.4 Å². The smallest absolute Gasteiger partial charge is 0.293 e. The summed E-state index contributed by atoms with van der Waals surface area (Å²) in [6.07, 6.45) is 1.68. The normalized spacial score (nSPS) is 11.4. The summed E-state index contributed by atoms with van der Waals surface area (Å²) in [5.41, 5.74) is 2.02. The van der Waals surface area contributed by atoms with Gasteiger partial charge in [0.15, 0.2) is 0 Å².